The van der Waals surface area contributed by atoms with Crippen molar-refractivity contribution in [1.29, 1.82) is 0 Å². The van der Waals surface area contributed by atoms with E-state index in [1.807, 2.05) is 61.2 Å². The normalized spacial score (nSPS) is 17.4. The highest BCUT2D eigenvalue weighted by Crippen LogP contribution is 2.21. The van der Waals surface area contributed by atoms with E-state index in [1.165, 1.54) is 7.05 Å². The number of carbonyl (C=O) groups is 4. The van der Waals surface area contributed by atoms with E-state index in [9.17, 15) is 29.4 Å². The molecule has 40 heavy (non-hydrogen) atoms. The summed E-state index contributed by atoms with van der Waals surface area (Å²) < 4.78 is 0. The number of rotatable bonds is 15. The highest BCUT2D eigenvalue weighted by Gasteiger charge is 2.31. The molecule has 4 atom stereocenters. The van der Waals surface area contributed by atoms with Gasteiger partial charge in [0.05, 0.1) is 6.54 Å². The summed E-state index contributed by atoms with van der Waals surface area (Å²) in [6.07, 6.45) is 1.43. The lowest BCUT2D eigenvalue weighted by Crippen LogP contribution is -2.52. The number of hydrogen-bond donors (Lipinski definition) is 4. The first-order chi connectivity index (χ1) is 19.1. The van der Waals surface area contributed by atoms with Crippen molar-refractivity contribution < 1.29 is 34.2 Å². The van der Waals surface area contributed by atoms with Gasteiger partial charge in [-0.05, 0) is 35.1 Å². The number of fused-ring (bicyclic) bond motifs is 1. The van der Waals surface area contributed by atoms with Crippen LogP contribution in [0, 0.1) is 5.92 Å². The van der Waals surface area contributed by atoms with Crippen LogP contribution in [0.25, 0.3) is 10.8 Å². The van der Waals surface area contributed by atoms with E-state index in [1.54, 1.807) is 0 Å². The smallest absolute Gasteiger partial charge is 0.339 e. The summed E-state index contributed by atoms with van der Waals surface area (Å²) in [5.41, 5.74) is 0.986. The molecule has 0 bridgehead atoms. The quantitative estimate of drug-likeness (QED) is 0.240. The first-order valence-electron chi connectivity index (χ1n) is 13.7. The van der Waals surface area contributed by atoms with Gasteiger partial charge in [-0.1, -0.05) is 62.7 Å². The third-order valence-corrected chi connectivity index (χ3v) is 7.42. The molecule has 3 rings (SSSR count). The molecule has 0 spiro atoms. The minimum atomic E-state index is -1.21. The molecular weight excluding hydrogens is 516 g/mol. The van der Waals surface area contributed by atoms with Crippen LogP contribution in [-0.4, -0.2) is 88.8 Å². The summed E-state index contributed by atoms with van der Waals surface area (Å²) in [7, 11) is 1.35. The van der Waals surface area contributed by atoms with Gasteiger partial charge in [-0.3, -0.25) is 19.3 Å². The Hall–Kier alpha value is -3.54. The van der Waals surface area contributed by atoms with Gasteiger partial charge in [-0.2, -0.15) is 0 Å². The van der Waals surface area contributed by atoms with Crippen molar-refractivity contribution in [2.75, 3.05) is 26.7 Å². The average Bonchev–Trinajstić information content (AvgIpc) is 3.37. The highest BCUT2D eigenvalue weighted by atomic mass is 16.7. The lowest BCUT2D eigenvalue weighted by molar-refractivity contribution is -0.201. The van der Waals surface area contributed by atoms with Gasteiger partial charge in [-0.25, -0.2) is 4.79 Å². The van der Waals surface area contributed by atoms with Crippen molar-refractivity contribution in [2.45, 2.75) is 64.2 Å². The number of aliphatic carboxylic acids is 1. The fourth-order valence-electron chi connectivity index (χ4n) is 4.90. The SMILES string of the molecule is CC[C@H](C)[C@@H](CN(CC(=O)ON(C)[C@@H](CCO)C(=O)O)Cc1cccc2ccccc12)NC(=O)[C@@H]1CCC(=O)N1. The second kappa shape index (κ2) is 14.7. The summed E-state index contributed by atoms with van der Waals surface area (Å²) in [4.78, 5) is 56.5. The first kappa shape index (κ1) is 31.0. The monoisotopic (exact) mass is 556 g/mol. The largest absolute Gasteiger partial charge is 0.480 e. The number of hydroxylamine groups is 2. The van der Waals surface area contributed by atoms with E-state index in [4.69, 9.17) is 4.84 Å². The predicted molar refractivity (Wildman–Crippen MR) is 149 cm³/mol. The van der Waals surface area contributed by atoms with E-state index in [0.717, 1.165) is 27.8 Å². The number of nitrogens with zero attached hydrogens (tertiary/aromatic N) is 2. The van der Waals surface area contributed by atoms with Crippen LogP contribution in [0.5, 0.6) is 0 Å². The van der Waals surface area contributed by atoms with E-state index < -0.39 is 24.0 Å². The van der Waals surface area contributed by atoms with Crippen molar-refractivity contribution in [3.63, 3.8) is 0 Å². The fraction of sp³-hybridized carbons (Fsp3) is 0.517. The number of benzene rings is 2. The van der Waals surface area contributed by atoms with E-state index in [2.05, 4.69) is 10.6 Å². The lowest BCUT2D eigenvalue weighted by Gasteiger charge is -2.32. The van der Waals surface area contributed by atoms with Crippen molar-refractivity contribution in [3.05, 3.63) is 48.0 Å². The lowest BCUT2D eigenvalue weighted by atomic mass is 9.97. The second-order valence-corrected chi connectivity index (χ2v) is 10.3. The van der Waals surface area contributed by atoms with Gasteiger partial charge in [0.15, 0.2) is 0 Å². The molecule has 0 radical (unpaired) electrons. The van der Waals surface area contributed by atoms with Gasteiger partial charge in [0.25, 0.3) is 0 Å². The number of carboxylic acid groups (broad SMARTS) is 1. The zero-order valence-corrected chi connectivity index (χ0v) is 23.3. The standard InChI is InChI=1S/C29H40N4O7/c1-4-19(2)24(31-28(37)23-12-13-26(35)30-23)17-33(16-21-10-7-9-20-8-5-6-11-22(20)21)18-27(36)40-32(3)25(14-15-34)29(38)39/h5-11,19,23-25,34H,4,12-18H2,1-3H3,(H,30,35)(H,31,37)(H,38,39)/t19-,23-,24+,25-/m0/s1. The zero-order chi connectivity index (χ0) is 29.2. The van der Waals surface area contributed by atoms with Crippen LogP contribution in [-0.2, 0) is 30.6 Å². The Morgan fingerprint density at radius 3 is 2.55 bits per heavy atom. The van der Waals surface area contributed by atoms with Crippen LogP contribution in [0.2, 0.25) is 0 Å². The van der Waals surface area contributed by atoms with E-state index in [0.29, 0.717) is 25.9 Å². The molecule has 0 saturated carbocycles. The molecule has 2 amide bonds. The van der Waals surface area contributed by atoms with Crippen LogP contribution in [0.15, 0.2) is 42.5 Å². The molecule has 0 aliphatic carbocycles. The number of likely N-dealkylation sites (N-methyl/N-ethyl adjacent to an activating group) is 1. The maximum Gasteiger partial charge on any atom is 0.339 e. The highest BCUT2D eigenvalue weighted by molar-refractivity contribution is 5.91. The molecule has 1 aliphatic rings. The summed E-state index contributed by atoms with van der Waals surface area (Å²) in [5.74, 6) is -2.21. The minimum Gasteiger partial charge on any atom is -0.480 e. The van der Waals surface area contributed by atoms with Crippen LogP contribution in [0.4, 0.5) is 0 Å². The average molecular weight is 557 g/mol. The van der Waals surface area contributed by atoms with Crippen molar-refractivity contribution in [1.82, 2.24) is 20.6 Å². The van der Waals surface area contributed by atoms with E-state index >= 15 is 0 Å². The Morgan fingerprint density at radius 2 is 1.90 bits per heavy atom. The zero-order valence-electron chi connectivity index (χ0n) is 23.3. The number of amides is 2. The number of nitrogens with one attached hydrogen (secondary N) is 2. The maximum absolute atomic E-state index is 13.0. The van der Waals surface area contributed by atoms with E-state index in [-0.39, 0.29) is 43.3 Å². The summed E-state index contributed by atoms with van der Waals surface area (Å²) in [6, 6.07) is 11.8. The van der Waals surface area contributed by atoms with Crippen molar-refractivity contribution in [3.8, 4) is 0 Å². The van der Waals surface area contributed by atoms with Crippen LogP contribution >= 0.6 is 0 Å². The number of carbonyl (C=O) groups excluding carboxylic acids is 3. The van der Waals surface area contributed by atoms with Gasteiger partial charge in [0.1, 0.15) is 12.1 Å². The molecule has 0 unspecified atom stereocenters. The molecule has 1 heterocycles. The predicted octanol–water partition coefficient (Wildman–Crippen LogP) is 1.68. The fourth-order valence-corrected chi connectivity index (χ4v) is 4.90. The van der Waals surface area contributed by atoms with Crippen molar-refractivity contribution >= 4 is 34.5 Å². The molecule has 11 heteroatoms. The maximum atomic E-state index is 13.0. The molecule has 4 N–H and O–H groups in total. The Balaban J connectivity index is 1.82. The third kappa shape index (κ3) is 8.48. The number of aliphatic hydroxyl groups is 1. The number of carboxylic acids is 1. The topological polar surface area (TPSA) is 149 Å². The number of hydrogen-bond acceptors (Lipinski definition) is 8. The molecular formula is C29H40N4O7. The summed E-state index contributed by atoms with van der Waals surface area (Å²) in [6.45, 7) is 4.20. The van der Waals surface area contributed by atoms with Crippen LogP contribution in [0.1, 0.15) is 45.1 Å². The van der Waals surface area contributed by atoms with Crippen LogP contribution in [0.3, 0.4) is 0 Å². The van der Waals surface area contributed by atoms with Crippen molar-refractivity contribution in [2.24, 2.45) is 5.92 Å². The summed E-state index contributed by atoms with van der Waals surface area (Å²) in [5, 5.41) is 27.5. The Bertz CT molecular complexity index is 1180. The van der Waals surface area contributed by atoms with Crippen LogP contribution < -0.4 is 10.6 Å². The second-order valence-electron chi connectivity index (χ2n) is 10.3. The molecule has 218 valence electrons. The number of aliphatic hydroxyl groups excluding tert-OH is 1. The Kier molecular flexibility index (Phi) is 11.4. The Labute approximate surface area is 234 Å². The van der Waals surface area contributed by atoms with Gasteiger partial charge in [0.2, 0.25) is 11.8 Å². The third-order valence-electron chi connectivity index (χ3n) is 7.42. The molecule has 2 aromatic carbocycles. The first-order valence-corrected chi connectivity index (χ1v) is 13.7. The van der Waals surface area contributed by atoms with Gasteiger partial charge < -0.3 is 25.7 Å². The van der Waals surface area contributed by atoms with Gasteiger partial charge >= 0.3 is 11.9 Å². The molecule has 11 nitrogen and oxygen atoms in total. The van der Waals surface area contributed by atoms with Gasteiger partial charge in [-0.15, -0.1) is 5.06 Å². The molecule has 1 fully saturated rings. The molecule has 1 saturated heterocycles. The molecule has 0 aromatic heterocycles. The molecule has 2 aromatic rings. The Morgan fingerprint density at radius 1 is 1.18 bits per heavy atom. The van der Waals surface area contributed by atoms with Gasteiger partial charge in [0, 0.05) is 39.2 Å². The molecule has 1 aliphatic heterocycles. The minimum absolute atomic E-state index is 0.0655. The summed E-state index contributed by atoms with van der Waals surface area (Å²) >= 11 is 0.